The molecule has 0 bridgehead atoms. The Kier molecular flexibility index (Phi) is 8.33. The van der Waals surface area contributed by atoms with E-state index in [1.54, 1.807) is 19.3 Å². The lowest BCUT2D eigenvalue weighted by Crippen LogP contribution is -2.40. The van der Waals surface area contributed by atoms with Crippen LogP contribution in [0, 0.1) is 11.7 Å². The van der Waals surface area contributed by atoms with Crippen LogP contribution >= 0.6 is 24.0 Å². The summed E-state index contributed by atoms with van der Waals surface area (Å²) in [5.74, 6) is 1.28. The fraction of sp³-hybridized carbons (Fsp3) is 0.474. The topological polar surface area (TPSA) is 63.5 Å². The molecule has 1 saturated carbocycles. The number of hydrogen-bond acceptors (Lipinski definition) is 3. The van der Waals surface area contributed by atoms with Crippen LogP contribution in [0.4, 0.5) is 4.39 Å². The van der Waals surface area contributed by atoms with Gasteiger partial charge in [-0.25, -0.2) is 4.39 Å². The number of aromatic nitrogens is 2. The van der Waals surface area contributed by atoms with Gasteiger partial charge >= 0.3 is 0 Å². The summed E-state index contributed by atoms with van der Waals surface area (Å²) in [6, 6.07) is 6.93. The van der Waals surface area contributed by atoms with Crippen LogP contribution in [-0.4, -0.2) is 35.9 Å². The second-order valence-corrected chi connectivity index (χ2v) is 6.58. The van der Waals surface area contributed by atoms with Crippen LogP contribution in [0.1, 0.15) is 31.4 Å². The van der Waals surface area contributed by atoms with E-state index < -0.39 is 0 Å². The first kappa shape index (κ1) is 21.5. The van der Waals surface area contributed by atoms with Gasteiger partial charge in [0.2, 0.25) is 0 Å². The number of benzene rings is 1. The Morgan fingerprint density at radius 3 is 2.89 bits per heavy atom. The summed E-state index contributed by atoms with van der Waals surface area (Å²) >= 11 is 0. The van der Waals surface area contributed by atoms with Crippen molar-refractivity contribution in [2.45, 2.75) is 32.4 Å². The quantitative estimate of drug-likeness (QED) is 0.341. The Morgan fingerprint density at radius 2 is 2.26 bits per heavy atom. The van der Waals surface area contributed by atoms with Gasteiger partial charge in [-0.15, -0.1) is 24.0 Å². The molecule has 3 rings (SSSR count). The van der Waals surface area contributed by atoms with Gasteiger partial charge in [-0.3, -0.25) is 9.67 Å². The highest BCUT2D eigenvalue weighted by atomic mass is 127. The average Bonchev–Trinajstić information content (AvgIpc) is 3.33. The zero-order valence-electron chi connectivity index (χ0n) is 15.7. The predicted molar refractivity (Wildman–Crippen MR) is 115 cm³/mol. The van der Waals surface area contributed by atoms with Crippen LogP contribution in [0.5, 0.6) is 5.75 Å². The summed E-state index contributed by atoms with van der Waals surface area (Å²) < 4.78 is 21.6. The smallest absolute Gasteiger partial charge is 0.191 e. The zero-order valence-corrected chi connectivity index (χ0v) is 18.0. The summed E-state index contributed by atoms with van der Waals surface area (Å²) in [5.41, 5.74) is 0.844. The zero-order chi connectivity index (χ0) is 18.4. The van der Waals surface area contributed by atoms with Crippen molar-refractivity contribution in [2.24, 2.45) is 10.9 Å². The van der Waals surface area contributed by atoms with Gasteiger partial charge in [-0.2, -0.15) is 5.10 Å². The van der Waals surface area contributed by atoms with Crippen molar-refractivity contribution in [1.29, 1.82) is 0 Å². The van der Waals surface area contributed by atoms with Gasteiger partial charge in [0, 0.05) is 26.0 Å². The van der Waals surface area contributed by atoms with Crippen molar-refractivity contribution >= 4 is 29.9 Å². The van der Waals surface area contributed by atoms with Gasteiger partial charge in [0.25, 0.3) is 0 Å². The number of nitrogens with one attached hydrogen (secondary N) is 2. The highest BCUT2D eigenvalue weighted by molar-refractivity contribution is 14.0. The van der Waals surface area contributed by atoms with E-state index in [1.165, 1.54) is 18.9 Å². The molecule has 27 heavy (non-hydrogen) atoms. The molecule has 148 valence electrons. The first-order chi connectivity index (χ1) is 12.7. The Morgan fingerprint density at radius 1 is 1.44 bits per heavy atom. The second kappa shape index (κ2) is 10.5. The normalized spacial score (nSPS) is 15.0. The maximum absolute atomic E-state index is 14.3. The number of aliphatic imine (C=N–C) groups is 1. The highest BCUT2D eigenvalue weighted by Gasteiger charge is 2.22. The Bertz CT molecular complexity index is 734. The monoisotopic (exact) mass is 487 g/mol. The predicted octanol–water partition coefficient (Wildman–Crippen LogP) is 3.36. The maximum atomic E-state index is 14.3. The van der Waals surface area contributed by atoms with Gasteiger partial charge < -0.3 is 15.4 Å². The number of hydrogen-bond donors (Lipinski definition) is 2. The molecule has 8 heteroatoms. The summed E-state index contributed by atoms with van der Waals surface area (Å²) in [5, 5.41) is 10.7. The van der Waals surface area contributed by atoms with Crippen molar-refractivity contribution in [3.63, 3.8) is 0 Å². The Hall–Kier alpha value is -1.84. The number of guanidine groups is 1. The largest absolute Gasteiger partial charge is 0.490 e. The van der Waals surface area contributed by atoms with Gasteiger partial charge in [0.1, 0.15) is 0 Å². The van der Waals surface area contributed by atoms with Crippen molar-refractivity contribution in [3.8, 4) is 5.75 Å². The number of ether oxygens (including phenoxy) is 1. The van der Waals surface area contributed by atoms with Crippen LogP contribution < -0.4 is 15.4 Å². The van der Waals surface area contributed by atoms with Crippen LogP contribution in [0.25, 0.3) is 0 Å². The van der Waals surface area contributed by atoms with Crippen molar-refractivity contribution in [1.82, 2.24) is 20.4 Å². The van der Waals surface area contributed by atoms with Crippen molar-refractivity contribution in [2.75, 3.05) is 20.2 Å². The minimum Gasteiger partial charge on any atom is -0.490 e. The fourth-order valence-corrected chi connectivity index (χ4v) is 2.60. The Balaban J connectivity index is 0.00000261. The number of rotatable bonds is 8. The van der Waals surface area contributed by atoms with Crippen LogP contribution in [0.2, 0.25) is 0 Å². The fourth-order valence-electron chi connectivity index (χ4n) is 2.60. The number of nitrogens with zero attached hydrogens (tertiary/aromatic N) is 3. The lowest BCUT2D eigenvalue weighted by molar-refractivity contribution is 0.285. The van der Waals surface area contributed by atoms with E-state index in [9.17, 15) is 4.39 Å². The van der Waals surface area contributed by atoms with Gasteiger partial charge in [-0.1, -0.05) is 6.07 Å². The highest BCUT2D eigenvalue weighted by Crippen LogP contribution is 2.30. The molecule has 1 aliphatic rings. The van der Waals surface area contributed by atoms with Crippen molar-refractivity contribution in [3.05, 3.63) is 48.0 Å². The Labute approximate surface area is 176 Å². The molecular weight excluding hydrogens is 460 g/mol. The van der Waals surface area contributed by atoms with E-state index in [0.29, 0.717) is 30.8 Å². The molecule has 1 unspecified atom stereocenters. The molecule has 1 fully saturated rings. The lowest BCUT2D eigenvalue weighted by Gasteiger charge is -2.19. The molecule has 2 aromatic rings. The molecule has 1 atom stereocenters. The van der Waals surface area contributed by atoms with Gasteiger partial charge in [0.15, 0.2) is 17.5 Å². The summed E-state index contributed by atoms with van der Waals surface area (Å²) in [4.78, 5) is 4.21. The molecule has 1 aromatic carbocycles. The molecule has 0 amide bonds. The number of halogens is 2. The minimum absolute atomic E-state index is 0. The maximum Gasteiger partial charge on any atom is 0.191 e. The van der Waals surface area contributed by atoms with Gasteiger partial charge in [0.05, 0.1) is 19.2 Å². The minimum atomic E-state index is -0.321. The molecule has 1 aromatic heterocycles. The molecule has 0 radical (unpaired) electrons. The van der Waals surface area contributed by atoms with E-state index in [2.05, 4.69) is 20.7 Å². The first-order valence-corrected chi connectivity index (χ1v) is 9.02. The molecule has 1 heterocycles. The van der Waals surface area contributed by atoms with E-state index in [-0.39, 0.29) is 35.8 Å². The summed E-state index contributed by atoms with van der Waals surface area (Å²) in [6.07, 6.45) is 6.04. The standard InChI is InChI=1S/C19H26FN5O.HI/c1-14(24-19(21-2)22-9-11-25-10-3-8-23-25)16-6-7-18(17(20)12-16)26-13-15-4-5-15;/h3,6-8,10,12,14-15H,4-5,9,11,13H2,1-2H3,(H2,21,22,24);1H. The van der Waals surface area contributed by atoms with Crippen LogP contribution in [0.15, 0.2) is 41.7 Å². The van der Waals surface area contributed by atoms with Crippen LogP contribution in [0.3, 0.4) is 0 Å². The molecule has 2 N–H and O–H groups in total. The molecule has 0 saturated heterocycles. The van der Waals surface area contributed by atoms with E-state index in [4.69, 9.17) is 4.74 Å². The van der Waals surface area contributed by atoms with E-state index in [1.807, 2.05) is 29.9 Å². The molecule has 1 aliphatic carbocycles. The molecular formula is C19H27FIN5O. The SMILES string of the molecule is CN=C(NCCn1cccn1)NC(C)c1ccc(OCC2CC2)c(F)c1.I. The lowest BCUT2D eigenvalue weighted by atomic mass is 10.1. The summed E-state index contributed by atoms with van der Waals surface area (Å²) in [6.45, 7) is 4.01. The molecule has 6 nitrogen and oxygen atoms in total. The third-order valence-electron chi connectivity index (χ3n) is 4.40. The van der Waals surface area contributed by atoms with Gasteiger partial charge in [-0.05, 0) is 49.4 Å². The molecule has 0 aliphatic heterocycles. The molecule has 0 spiro atoms. The summed E-state index contributed by atoms with van der Waals surface area (Å²) in [7, 11) is 1.71. The third-order valence-corrected chi connectivity index (χ3v) is 4.40. The van der Waals surface area contributed by atoms with Crippen molar-refractivity contribution < 1.29 is 9.13 Å². The van der Waals surface area contributed by atoms with E-state index in [0.717, 1.165) is 12.1 Å². The average molecular weight is 487 g/mol. The van der Waals surface area contributed by atoms with E-state index >= 15 is 0 Å². The third kappa shape index (κ3) is 6.67. The second-order valence-electron chi connectivity index (χ2n) is 6.58. The van der Waals surface area contributed by atoms with Crippen LogP contribution in [-0.2, 0) is 6.54 Å². The first-order valence-electron chi connectivity index (χ1n) is 9.02.